The molecule has 44 heavy (non-hydrogen) atoms. The summed E-state index contributed by atoms with van der Waals surface area (Å²) in [6, 6.07) is 5.10. The van der Waals surface area contributed by atoms with Crippen LogP contribution in [0.2, 0.25) is 0 Å². The smallest absolute Gasteiger partial charge is 0.301 e. The normalized spacial score (nSPS) is 24.5. The van der Waals surface area contributed by atoms with Gasteiger partial charge in [0.25, 0.3) is 0 Å². The molecule has 14 heteroatoms. The number of anilines is 2. The number of aliphatic hydroxyl groups is 1. The molecule has 0 spiro atoms. The van der Waals surface area contributed by atoms with E-state index in [0.29, 0.717) is 11.3 Å². The molecule has 2 amide bonds. The minimum atomic E-state index is -1.01. The Morgan fingerprint density at radius 1 is 1.02 bits per heavy atom. The number of nitro groups is 2. The number of nitrogens with zero attached hydrogens (tertiary/aromatic N) is 4. The van der Waals surface area contributed by atoms with Gasteiger partial charge >= 0.3 is 11.4 Å². The van der Waals surface area contributed by atoms with Crippen molar-refractivity contribution in [2.24, 2.45) is 17.8 Å². The lowest BCUT2D eigenvalue weighted by atomic mass is 9.60. The van der Waals surface area contributed by atoms with Gasteiger partial charge in [-0.25, -0.2) is 4.90 Å². The molecule has 3 aliphatic carbocycles. The summed E-state index contributed by atoms with van der Waals surface area (Å²) in [5.41, 5.74) is -0.597. The van der Waals surface area contributed by atoms with Crippen molar-refractivity contribution in [2.75, 3.05) is 23.9 Å². The first kappa shape index (κ1) is 28.9. The lowest BCUT2D eigenvalue weighted by Crippen LogP contribution is -2.39. The van der Waals surface area contributed by atoms with Crippen molar-refractivity contribution in [3.8, 4) is 0 Å². The topological polar surface area (TPSA) is 194 Å². The molecule has 14 nitrogen and oxygen atoms in total. The maximum atomic E-state index is 14.1. The fourth-order valence-electron chi connectivity index (χ4n) is 7.05. The average Bonchev–Trinajstić information content (AvgIpc) is 3.56. The van der Waals surface area contributed by atoms with Crippen molar-refractivity contribution in [3.05, 3.63) is 90.5 Å². The molecule has 1 aromatic heterocycles. The number of carbonyl (C=O) groups is 4. The zero-order chi connectivity index (χ0) is 31.8. The van der Waals surface area contributed by atoms with Crippen LogP contribution in [0.1, 0.15) is 37.2 Å². The minimum Gasteiger partial charge on any atom is -0.463 e. The van der Waals surface area contributed by atoms with Crippen LogP contribution in [0, 0.1) is 38.0 Å². The van der Waals surface area contributed by atoms with Crippen LogP contribution < -0.4 is 9.80 Å². The number of furan rings is 1. The molecule has 1 N–H and O–H groups in total. The number of rotatable bonds is 6. The van der Waals surface area contributed by atoms with Crippen molar-refractivity contribution >= 4 is 46.1 Å². The lowest BCUT2D eigenvalue weighted by molar-refractivity contribution is -0.392. The molecule has 0 saturated carbocycles. The highest BCUT2D eigenvalue weighted by Crippen LogP contribution is 2.56. The quantitative estimate of drug-likeness (QED) is 0.168. The van der Waals surface area contributed by atoms with E-state index < -0.39 is 63.3 Å². The van der Waals surface area contributed by atoms with Crippen LogP contribution in [0.25, 0.3) is 0 Å². The third kappa shape index (κ3) is 4.12. The molecule has 1 saturated heterocycles. The first-order chi connectivity index (χ1) is 20.8. The highest BCUT2D eigenvalue weighted by molar-refractivity contribution is 6.25. The number of nitro benzene ring substituents is 2. The molecule has 2 heterocycles. The number of amides is 2. The number of aliphatic hydroxyl groups excluding tert-OH is 1. The molecular formula is C30H26N4O10. The number of hydrogen-bond acceptors (Lipinski definition) is 11. The Morgan fingerprint density at radius 3 is 2.25 bits per heavy atom. The molecule has 1 aromatic carbocycles. The van der Waals surface area contributed by atoms with Gasteiger partial charge in [-0.1, -0.05) is 11.6 Å². The zero-order valence-electron chi connectivity index (χ0n) is 23.8. The second-order valence-corrected chi connectivity index (χ2v) is 11.4. The van der Waals surface area contributed by atoms with E-state index in [1.54, 1.807) is 18.2 Å². The predicted molar refractivity (Wildman–Crippen MR) is 153 cm³/mol. The van der Waals surface area contributed by atoms with E-state index in [4.69, 9.17) is 4.42 Å². The highest BCUT2D eigenvalue weighted by atomic mass is 16.6. The van der Waals surface area contributed by atoms with Gasteiger partial charge in [-0.05, 0) is 43.9 Å². The van der Waals surface area contributed by atoms with Gasteiger partial charge in [-0.15, -0.1) is 0 Å². The number of allylic oxidation sites excluding steroid dienone is 6. The second-order valence-electron chi connectivity index (χ2n) is 11.4. The molecule has 1 aliphatic heterocycles. The summed E-state index contributed by atoms with van der Waals surface area (Å²) in [4.78, 5) is 78.9. The van der Waals surface area contributed by atoms with E-state index in [1.807, 2.05) is 0 Å². The van der Waals surface area contributed by atoms with Crippen molar-refractivity contribution in [2.45, 2.75) is 32.3 Å². The van der Waals surface area contributed by atoms with Crippen LogP contribution in [0.4, 0.5) is 22.7 Å². The Bertz CT molecular complexity index is 1780. The number of fused-ring (bicyclic) bond motifs is 3. The second kappa shape index (κ2) is 10.2. The minimum absolute atomic E-state index is 0.00508. The van der Waals surface area contributed by atoms with Crippen molar-refractivity contribution < 1.29 is 38.5 Å². The monoisotopic (exact) mass is 602 g/mol. The Balaban J connectivity index is 1.47. The first-order valence-corrected chi connectivity index (χ1v) is 13.8. The molecule has 2 aromatic rings. The van der Waals surface area contributed by atoms with E-state index in [9.17, 15) is 44.5 Å². The van der Waals surface area contributed by atoms with Gasteiger partial charge < -0.3 is 14.4 Å². The van der Waals surface area contributed by atoms with E-state index in [0.717, 1.165) is 17.0 Å². The number of benzene rings is 1. The zero-order valence-corrected chi connectivity index (χ0v) is 23.8. The third-order valence-electron chi connectivity index (χ3n) is 8.84. The van der Waals surface area contributed by atoms with Crippen molar-refractivity contribution in [1.82, 2.24) is 0 Å². The summed E-state index contributed by atoms with van der Waals surface area (Å²) in [6.07, 6.45) is 3.11. The van der Waals surface area contributed by atoms with Gasteiger partial charge in [0.15, 0.2) is 17.3 Å². The summed E-state index contributed by atoms with van der Waals surface area (Å²) in [7, 11) is 2.81. The fourth-order valence-corrected chi connectivity index (χ4v) is 7.05. The largest absolute Gasteiger partial charge is 0.463 e. The van der Waals surface area contributed by atoms with Gasteiger partial charge in [0.1, 0.15) is 18.1 Å². The molecule has 226 valence electrons. The number of hydrogen-bond donors (Lipinski definition) is 1. The van der Waals surface area contributed by atoms with Gasteiger partial charge in [-0.2, -0.15) is 0 Å². The van der Waals surface area contributed by atoms with Crippen LogP contribution in [0.5, 0.6) is 0 Å². The maximum absolute atomic E-state index is 14.1. The lowest BCUT2D eigenvalue weighted by Gasteiger charge is -2.41. The summed E-state index contributed by atoms with van der Waals surface area (Å²) in [6.45, 7) is 1.12. The van der Waals surface area contributed by atoms with Crippen LogP contribution in [0.15, 0.2) is 63.1 Å². The van der Waals surface area contributed by atoms with Gasteiger partial charge in [0.2, 0.25) is 11.8 Å². The van der Waals surface area contributed by atoms with E-state index in [2.05, 4.69) is 0 Å². The number of ketones is 2. The highest BCUT2D eigenvalue weighted by Gasteiger charge is 2.57. The molecule has 4 atom stereocenters. The SMILES string of the molecule is CC1=CC(=O)C2=C(C[C@@H]3C(=CC[C@@H]4C(=O)N(c5cc([N+](=O)[O-])c(N(C)C)c([N+](=O)[O-])c5)C(=O)[C@@H]43)[C@@H]2c2ccc(CO)o2)C1=O. The van der Waals surface area contributed by atoms with Crippen LogP contribution in [-0.2, 0) is 25.8 Å². The molecule has 0 unspecified atom stereocenters. The summed E-state index contributed by atoms with van der Waals surface area (Å²) in [5.74, 6) is -5.05. The molecule has 6 rings (SSSR count). The Hall–Kier alpha value is -5.24. The van der Waals surface area contributed by atoms with Crippen molar-refractivity contribution in [1.29, 1.82) is 0 Å². The number of carbonyl (C=O) groups excluding carboxylic acids is 4. The predicted octanol–water partition coefficient (Wildman–Crippen LogP) is 3.29. The Kier molecular flexibility index (Phi) is 6.68. The molecule has 0 bridgehead atoms. The first-order valence-electron chi connectivity index (χ1n) is 13.8. The Labute approximate surface area is 249 Å². The van der Waals surface area contributed by atoms with Crippen LogP contribution in [-0.4, -0.2) is 52.4 Å². The summed E-state index contributed by atoms with van der Waals surface area (Å²) in [5, 5.41) is 33.5. The number of Topliss-reactive ketones (excluding diaryl/α,β-unsaturated/α-hetero) is 1. The maximum Gasteiger partial charge on any atom is 0.301 e. The van der Waals surface area contributed by atoms with Crippen LogP contribution in [0.3, 0.4) is 0 Å². The van der Waals surface area contributed by atoms with Crippen LogP contribution >= 0.6 is 0 Å². The van der Waals surface area contributed by atoms with Gasteiger partial charge in [0, 0.05) is 42.9 Å². The molecule has 4 aliphatic rings. The van der Waals surface area contributed by atoms with Crippen molar-refractivity contribution in [3.63, 3.8) is 0 Å². The molecular weight excluding hydrogens is 576 g/mol. The molecule has 0 radical (unpaired) electrons. The standard InChI is InChI=1S/C30H26N4O10/c1-13-8-22(36)25-19(28(13)37)11-18-16(26(25)23-7-4-15(12-35)44-23)5-6-17-24(18)30(39)32(29(17)38)14-9-20(33(40)41)27(31(2)3)21(10-14)34(42)43/h4-5,7-10,17-18,24,26,35H,6,11-12H2,1-3H3/t17-,18+,24-,26+/m0/s1. The van der Waals surface area contributed by atoms with E-state index in [-0.39, 0.29) is 58.3 Å². The van der Waals surface area contributed by atoms with Gasteiger partial charge in [-0.3, -0.25) is 39.4 Å². The van der Waals surface area contributed by atoms with Gasteiger partial charge in [0.05, 0.1) is 33.3 Å². The summed E-state index contributed by atoms with van der Waals surface area (Å²) >= 11 is 0. The number of imide groups is 1. The average molecular weight is 603 g/mol. The summed E-state index contributed by atoms with van der Waals surface area (Å²) < 4.78 is 5.83. The molecule has 1 fully saturated rings. The third-order valence-corrected chi connectivity index (χ3v) is 8.84. The van der Waals surface area contributed by atoms with E-state index >= 15 is 0 Å². The fraction of sp³-hybridized carbons (Fsp3) is 0.333. The van der Waals surface area contributed by atoms with E-state index in [1.165, 1.54) is 32.0 Å². The Morgan fingerprint density at radius 2 is 1.68 bits per heavy atom.